The molecule has 1 atom stereocenters. The van der Waals surface area contributed by atoms with Crippen molar-refractivity contribution >= 4 is 17.0 Å². The molecular weight excluding hydrogens is 280 g/mol. The number of hydrogen-bond acceptors (Lipinski definition) is 4. The van der Waals surface area contributed by atoms with Crippen molar-refractivity contribution in [1.29, 1.82) is 0 Å². The van der Waals surface area contributed by atoms with Crippen LogP contribution >= 0.6 is 11.3 Å². The second-order valence-corrected chi connectivity index (χ2v) is 6.34. The molecule has 1 aliphatic rings. The van der Waals surface area contributed by atoms with Crippen LogP contribution in [-0.2, 0) is 6.54 Å². The summed E-state index contributed by atoms with van der Waals surface area (Å²) in [5.41, 5.74) is 2.66. The summed E-state index contributed by atoms with van der Waals surface area (Å²) in [4.78, 5) is 2.46. The summed E-state index contributed by atoms with van der Waals surface area (Å²) >= 11 is 1.76. The van der Waals surface area contributed by atoms with Gasteiger partial charge in [-0.25, -0.2) is 0 Å². The fourth-order valence-electron chi connectivity index (χ4n) is 2.85. The van der Waals surface area contributed by atoms with Crippen molar-refractivity contribution in [1.82, 2.24) is 5.32 Å². The van der Waals surface area contributed by atoms with Gasteiger partial charge >= 0.3 is 0 Å². The summed E-state index contributed by atoms with van der Waals surface area (Å²) in [6, 6.07) is 10.6. The minimum Gasteiger partial charge on any atom is -0.497 e. The van der Waals surface area contributed by atoms with E-state index >= 15 is 0 Å². The molecule has 21 heavy (non-hydrogen) atoms. The number of anilines is 1. The molecule has 1 aliphatic heterocycles. The molecule has 1 unspecified atom stereocenters. The Morgan fingerprint density at radius 2 is 2.33 bits per heavy atom. The summed E-state index contributed by atoms with van der Waals surface area (Å²) in [6.07, 6.45) is 1.26. The van der Waals surface area contributed by atoms with Gasteiger partial charge < -0.3 is 15.0 Å². The number of nitrogens with one attached hydrogen (secondary N) is 1. The molecule has 0 aliphatic carbocycles. The second kappa shape index (κ2) is 6.96. The van der Waals surface area contributed by atoms with Gasteiger partial charge in [-0.2, -0.15) is 11.3 Å². The van der Waals surface area contributed by atoms with E-state index in [0.29, 0.717) is 0 Å². The lowest BCUT2D eigenvalue weighted by Gasteiger charge is -2.19. The summed E-state index contributed by atoms with van der Waals surface area (Å²) in [7, 11) is 1.72. The van der Waals surface area contributed by atoms with Gasteiger partial charge in [0.15, 0.2) is 0 Å². The lowest BCUT2D eigenvalue weighted by molar-refractivity contribution is 0.415. The Bertz CT molecular complexity index is 556. The van der Waals surface area contributed by atoms with Gasteiger partial charge in [-0.05, 0) is 46.9 Å². The first-order chi connectivity index (χ1) is 10.3. The number of hydrogen-bond donors (Lipinski definition) is 1. The van der Waals surface area contributed by atoms with Crippen molar-refractivity contribution < 1.29 is 4.74 Å². The predicted molar refractivity (Wildman–Crippen MR) is 89.3 cm³/mol. The van der Waals surface area contributed by atoms with E-state index in [1.54, 1.807) is 18.4 Å². The molecule has 2 aromatic rings. The molecule has 0 bridgehead atoms. The summed E-state index contributed by atoms with van der Waals surface area (Å²) < 4.78 is 5.31. The minimum atomic E-state index is 0.731. The van der Waals surface area contributed by atoms with Crippen molar-refractivity contribution in [2.75, 3.05) is 31.6 Å². The Hall–Kier alpha value is -1.52. The number of benzene rings is 1. The standard InChI is InChI=1S/C17H22N2OS/c1-20-17-4-2-3-16(9-17)19-7-5-14(12-19)10-18-11-15-6-8-21-13-15/h2-4,6,8-9,13-14,18H,5,7,10-12H2,1H3. The molecule has 4 heteroatoms. The average Bonchev–Trinajstić information content (AvgIpc) is 3.19. The quantitative estimate of drug-likeness (QED) is 0.885. The van der Waals surface area contributed by atoms with Crippen LogP contribution in [0.5, 0.6) is 5.75 Å². The molecule has 1 aromatic carbocycles. The first-order valence-electron chi connectivity index (χ1n) is 7.46. The molecule has 0 radical (unpaired) electrons. The van der Waals surface area contributed by atoms with Crippen molar-refractivity contribution in [3.8, 4) is 5.75 Å². The average molecular weight is 302 g/mol. The third-order valence-electron chi connectivity index (χ3n) is 4.05. The molecule has 2 heterocycles. The SMILES string of the molecule is COc1cccc(N2CCC(CNCc3ccsc3)C2)c1. The van der Waals surface area contributed by atoms with Gasteiger partial charge in [-0.3, -0.25) is 0 Å². The highest BCUT2D eigenvalue weighted by Crippen LogP contribution is 2.26. The highest BCUT2D eigenvalue weighted by molar-refractivity contribution is 7.07. The van der Waals surface area contributed by atoms with E-state index in [1.165, 1.54) is 17.7 Å². The zero-order valence-corrected chi connectivity index (χ0v) is 13.2. The zero-order valence-electron chi connectivity index (χ0n) is 12.4. The summed E-state index contributed by atoms with van der Waals surface area (Å²) in [5.74, 6) is 1.67. The van der Waals surface area contributed by atoms with E-state index < -0.39 is 0 Å². The van der Waals surface area contributed by atoms with E-state index in [9.17, 15) is 0 Å². The Kier molecular flexibility index (Phi) is 4.78. The Labute approximate surface area is 130 Å². The van der Waals surface area contributed by atoms with Crippen LogP contribution in [0.15, 0.2) is 41.1 Å². The lowest BCUT2D eigenvalue weighted by Crippen LogP contribution is -2.26. The van der Waals surface area contributed by atoms with Crippen molar-refractivity contribution in [2.24, 2.45) is 5.92 Å². The van der Waals surface area contributed by atoms with Crippen LogP contribution in [0.25, 0.3) is 0 Å². The number of rotatable bonds is 6. The third-order valence-corrected chi connectivity index (χ3v) is 4.78. The van der Waals surface area contributed by atoms with E-state index in [0.717, 1.165) is 37.8 Å². The maximum absolute atomic E-state index is 5.31. The monoisotopic (exact) mass is 302 g/mol. The topological polar surface area (TPSA) is 24.5 Å². The maximum atomic E-state index is 5.31. The Morgan fingerprint density at radius 1 is 1.38 bits per heavy atom. The van der Waals surface area contributed by atoms with Crippen LogP contribution < -0.4 is 15.0 Å². The molecule has 0 saturated carbocycles. The van der Waals surface area contributed by atoms with E-state index in [1.807, 2.05) is 6.07 Å². The molecule has 0 spiro atoms. The highest BCUT2D eigenvalue weighted by atomic mass is 32.1. The van der Waals surface area contributed by atoms with Gasteiger partial charge in [-0.15, -0.1) is 0 Å². The fraction of sp³-hybridized carbons (Fsp3) is 0.412. The summed E-state index contributed by atoms with van der Waals surface area (Å²) in [6.45, 7) is 4.34. The van der Waals surface area contributed by atoms with E-state index in [-0.39, 0.29) is 0 Å². The van der Waals surface area contributed by atoms with Crippen LogP contribution in [-0.4, -0.2) is 26.7 Å². The smallest absolute Gasteiger partial charge is 0.120 e. The second-order valence-electron chi connectivity index (χ2n) is 5.56. The predicted octanol–water partition coefficient (Wildman–Crippen LogP) is 3.37. The Morgan fingerprint density at radius 3 is 3.14 bits per heavy atom. The van der Waals surface area contributed by atoms with Crippen LogP contribution in [0, 0.1) is 5.92 Å². The molecule has 3 nitrogen and oxygen atoms in total. The number of ether oxygens (including phenoxy) is 1. The van der Waals surface area contributed by atoms with Gasteiger partial charge in [0.05, 0.1) is 7.11 Å². The van der Waals surface area contributed by atoms with Gasteiger partial charge in [0.25, 0.3) is 0 Å². The van der Waals surface area contributed by atoms with Gasteiger partial charge in [0, 0.05) is 37.9 Å². The first-order valence-corrected chi connectivity index (χ1v) is 8.40. The number of methoxy groups -OCH3 is 1. The summed E-state index contributed by atoms with van der Waals surface area (Å²) in [5, 5.41) is 7.93. The molecule has 112 valence electrons. The van der Waals surface area contributed by atoms with E-state index in [4.69, 9.17) is 4.74 Å². The molecule has 1 saturated heterocycles. The largest absolute Gasteiger partial charge is 0.497 e. The minimum absolute atomic E-state index is 0.731. The van der Waals surface area contributed by atoms with Gasteiger partial charge in [-0.1, -0.05) is 6.07 Å². The number of thiophene rings is 1. The van der Waals surface area contributed by atoms with Crippen molar-refractivity contribution in [2.45, 2.75) is 13.0 Å². The molecule has 3 rings (SSSR count). The van der Waals surface area contributed by atoms with Crippen LogP contribution in [0.1, 0.15) is 12.0 Å². The molecule has 0 amide bonds. The van der Waals surface area contributed by atoms with E-state index in [2.05, 4.69) is 45.2 Å². The highest BCUT2D eigenvalue weighted by Gasteiger charge is 2.22. The van der Waals surface area contributed by atoms with Crippen molar-refractivity contribution in [3.05, 3.63) is 46.7 Å². The third kappa shape index (κ3) is 3.77. The molecule has 1 aromatic heterocycles. The first kappa shape index (κ1) is 14.4. The van der Waals surface area contributed by atoms with Crippen LogP contribution in [0.4, 0.5) is 5.69 Å². The normalized spacial score (nSPS) is 18.1. The Balaban J connectivity index is 1.48. The van der Waals surface area contributed by atoms with Crippen LogP contribution in [0.3, 0.4) is 0 Å². The fourth-order valence-corrected chi connectivity index (χ4v) is 3.52. The lowest BCUT2D eigenvalue weighted by atomic mass is 10.1. The molecular formula is C17H22N2OS. The molecule has 1 N–H and O–H groups in total. The zero-order chi connectivity index (χ0) is 14.5. The van der Waals surface area contributed by atoms with Gasteiger partial charge in [0.1, 0.15) is 5.75 Å². The maximum Gasteiger partial charge on any atom is 0.120 e. The number of nitrogens with zero attached hydrogens (tertiary/aromatic N) is 1. The van der Waals surface area contributed by atoms with Crippen molar-refractivity contribution in [3.63, 3.8) is 0 Å². The van der Waals surface area contributed by atoms with Crippen LogP contribution in [0.2, 0.25) is 0 Å². The van der Waals surface area contributed by atoms with Gasteiger partial charge in [0.2, 0.25) is 0 Å². The molecule has 1 fully saturated rings.